The van der Waals surface area contributed by atoms with Crippen LogP contribution in [0.3, 0.4) is 0 Å². The number of aliphatic carboxylic acids is 1. The maximum Gasteiger partial charge on any atom is 0.433 e. The van der Waals surface area contributed by atoms with Gasteiger partial charge in [-0.3, -0.25) is 9.59 Å². The number of halogens is 6. The number of benzene rings is 2. The second-order valence-electron chi connectivity index (χ2n) is 7.95. The second kappa shape index (κ2) is 8.72. The molecule has 3 aromatic rings. The van der Waals surface area contributed by atoms with Crippen molar-refractivity contribution in [3.63, 3.8) is 0 Å². The summed E-state index contributed by atoms with van der Waals surface area (Å²) in [4.78, 5) is 24.5. The molecule has 0 spiro atoms. The maximum atomic E-state index is 14.9. The van der Waals surface area contributed by atoms with E-state index in [1.54, 1.807) is 0 Å². The number of hydrogen-bond donors (Lipinski definition) is 2. The third-order valence-corrected chi connectivity index (χ3v) is 6.41. The number of likely N-dealkylation sites (tertiary alicyclic amines) is 1. The summed E-state index contributed by atoms with van der Waals surface area (Å²) < 4.78 is 56.1. The van der Waals surface area contributed by atoms with Crippen LogP contribution in [-0.2, 0) is 27.8 Å². The second-order valence-corrected chi connectivity index (χ2v) is 8.74. The van der Waals surface area contributed by atoms with Gasteiger partial charge < -0.3 is 15.3 Å². The van der Waals surface area contributed by atoms with Gasteiger partial charge in [-0.25, -0.2) is 9.07 Å². The highest BCUT2D eigenvalue weighted by Crippen LogP contribution is 2.44. The smallest absolute Gasteiger partial charge is 0.433 e. The molecule has 2 heterocycles. The lowest BCUT2D eigenvalue weighted by molar-refractivity contribution is -0.146. The van der Waals surface area contributed by atoms with E-state index in [-0.39, 0.29) is 45.3 Å². The molecule has 0 unspecified atom stereocenters. The molecule has 1 aliphatic rings. The minimum Gasteiger partial charge on any atom is -0.480 e. The normalized spacial score (nSPS) is 15.1. The molecule has 2 N–H and O–H groups in total. The number of anilines is 1. The van der Waals surface area contributed by atoms with Crippen LogP contribution in [0.4, 0.5) is 23.2 Å². The number of amides is 1. The summed E-state index contributed by atoms with van der Waals surface area (Å²) in [5.41, 5.74) is -2.35. The molecule has 1 saturated heterocycles. The Morgan fingerprint density at radius 2 is 1.91 bits per heavy atom. The number of carboxylic acids is 1. The first kappa shape index (κ1) is 24.8. The first-order valence-corrected chi connectivity index (χ1v) is 10.7. The number of fused-ring (bicyclic) bond motifs is 1. The predicted molar refractivity (Wildman–Crippen MR) is 121 cm³/mol. The van der Waals surface area contributed by atoms with Crippen molar-refractivity contribution in [1.29, 1.82) is 0 Å². The molecule has 7 nitrogen and oxygen atoms in total. The fraction of sp³-hybridized carbons (Fsp3) is 0.227. The van der Waals surface area contributed by atoms with Crippen molar-refractivity contribution < 1.29 is 32.3 Å². The van der Waals surface area contributed by atoms with Crippen molar-refractivity contribution in [2.24, 2.45) is 0 Å². The monoisotopic (exact) mass is 530 g/mol. The number of aromatic nitrogens is 2. The molecule has 4 rings (SSSR count). The number of carboxylic acid groups (broad SMARTS) is 1. The fourth-order valence-electron chi connectivity index (χ4n) is 4.19. The van der Waals surface area contributed by atoms with E-state index in [1.165, 1.54) is 23.1 Å². The Kier molecular flexibility index (Phi) is 6.18. The van der Waals surface area contributed by atoms with E-state index < -0.39 is 41.6 Å². The number of hydrogen-bond acceptors (Lipinski definition) is 4. The van der Waals surface area contributed by atoms with Crippen LogP contribution in [-0.4, -0.2) is 44.8 Å². The lowest BCUT2D eigenvalue weighted by Gasteiger charge is -2.51. The van der Waals surface area contributed by atoms with E-state index in [0.717, 1.165) is 18.2 Å². The lowest BCUT2D eigenvalue weighted by atomic mass is 9.81. The fourth-order valence-corrected chi connectivity index (χ4v) is 4.68. The first-order chi connectivity index (χ1) is 16.4. The molecular formula is C22H16Cl2F4N4O3. The Labute approximate surface area is 205 Å². The van der Waals surface area contributed by atoms with E-state index in [9.17, 15) is 27.2 Å². The molecule has 0 bridgehead atoms. The van der Waals surface area contributed by atoms with Crippen LogP contribution in [0.25, 0.3) is 10.9 Å². The maximum absolute atomic E-state index is 14.9. The van der Waals surface area contributed by atoms with Crippen molar-refractivity contribution in [1.82, 2.24) is 14.7 Å². The van der Waals surface area contributed by atoms with Gasteiger partial charge in [0.05, 0.1) is 28.7 Å². The molecule has 184 valence electrons. The van der Waals surface area contributed by atoms with Crippen LogP contribution in [0.2, 0.25) is 10.0 Å². The zero-order valence-electron chi connectivity index (χ0n) is 17.7. The van der Waals surface area contributed by atoms with Crippen molar-refractivity contribution in [2.75, 3.05) is 18.4 Å². The predicted octanol–water partition coefficient (Wildman–Crippen LogP) is 4.92. The van der Waals surface area contributed by atoms with Gasteiger partial charge in [0, 0.05) is 16.6 Å². The van der Waals surface area contributed by atoms with Gasteiger partial charge in [0.1, 0.15) is 17.9 Å². The standard InChI is InChI=1S/C22H16Cl2F4N4O3/c1-2-16(33)31-9-21(10-31,18-14(25)6-5-13(23)19(18)24)29-11-3-4-12-15(7-11)30-32(8-17(34)35)20(12)22(26,27)28/h2-7,29H,1,8-10H2,(H,34,35). The van der Waals surface area contributed by atoms with Crippen LogP contribution in [0.5, 0.6) is 0 Å². The molecular weight excluding hydrogens is 515 g/mol. The van der Waals surface area contributed by atoms with Crippen LogP contribution in [0.1, 0.15) is 11.3 Å². The number of alkyl halides is 3. The number of rotatable bonds is 6. The molecule has 1 fully saturated rings. The van der Waals surface area contributed by atoms with Crippen molar-refractivity contribution in [3.05, 3.63) is 70.1 Å². The van der Waals surface area contributed by atoms with Gasteiger partial charge in [0.25, 0.3) is 0 Å². The van der Waals surface area contributed by atoms with Crippen molar-refractivity contribution in [3.8, 4) is 0 Å². The van der Waals surface area contributed by atoms with Crippen LogP contribution in [0, 0.1) is 5.82 Å². The van der Waals surface area contributed by atoms with Crippen molar-refractivity contribution >= 4 is 51.7 Å². The van der Waals surface area contributed by atoms with Gasteiger partial charge >= 0.3 is 12.1 Å². The van der Waals surface area contributed by atoms with Gasteiger partial charge in [0.2, 0.25) is 5.91 Å². The summed E-state index contributed by atoms with van der Waals surface area (Å²) in [6, 6.07) is 6.14. The Morgan fingerprint density at radius 3 is 2.51 bits per heavy atom. The zero-order chi connectivity index (χ0) is 25.7. The average molecular weight is 531 g/mol. The number of carbonyl (C=O) groups is 2. The largest absolute Gasteiger partial charge is 0.480 e. The van der Waals surface area contributed by atoms with Gasteiger partial charge in [-0.1, -0.05) is 29.8 Å². The number of nitrogens with zero attached hydrogens (tertiary/aromatic N) is 3. The van der Waals surface area contributed by atoms with Crippen LogP contribution in [0.15, 0.2) is 43.0 Å². The highest BCUT2D eigenvalue weighted by atomic mass is 35.5. The average Bonchev–Trinajstić information content (AvgIpc) is 3.10. The molecule has 1 aliphatic heterocycles. The SMILES string of the molecule is C=CC(=O)N1CC(Nc2ccc3c(C(F)(F)F)n(CC(=O)O)nc3c2)(c2c(F)ccc(Cl)c2Cl)C1. The minimum atomic E-state index is -4.85. The van der Waals surface area contributed by atoms with E-state index >= 15 is 0 Å². The highest BCUT2D eigenvalue weighted by Gasteiger charge is 2.49. The van der Waals surface area contributed by atoms with E-state index in [4.69, 9.17) is 28.3 Å². The Hall–Kier alpha value is -3.31. The number of nitrogens with one attached hydrogen (secondary N) is 1. The molecule has 0 radical (unpaired) electrons. The summed E-state index contributed by atoms with van der Waals surface area (Å²) in [5, 5.41) is 15.6. The van der Waals surface area contributed by atoms with Crippen LogP contribution >= 0.6 is 23.2 Å². The minimum absolute atomic E-state index is 0.00716. The van der Waals surface area contributed by atoms with E-state index in [0.29, 0.717) is 4.68 Å². The Morgan fingerprint density at radius 1 is 1.23 bits per heavy atom. The lowest BCUT2D eigenvalue weighted by Crippen LogP contribution is -2.65. The molecule has 13 heteroatoms. The van der Waals surface area contributed by atoms with Gasteiger partial charge in [-0.2, -0.15) is 18.3 Å². The highest BCUT2D eigenvalue weighted by molar-refractivity contribution is 6.42. The van der Waals surface area contributed by atoms with Gasteiger partial charge in [-0.15, -0.1) is 0 Å². The molecule has 0 atom stereocenters. The molecule has 1 aromatic heterocycles. The summed E-state index contributed by atoms with van der Waals surface area (Å²) in [6.45, 7) is 2.37. The summed E-state index contributed by atoms with van der Waals surface area (Å²) in [6.07, 6.45) is -3.75. The number of carbonyl (C=O) groups excluding carboxylic acids is 1. The quantitative estimate of drug-likeness (QED) is 0.268. The van der Waals surface area contributed by atoms with E-state index in [2.05, 4.69) is 17.0 Å². The Balaban J connectivity index is 1.79. The third kappa shape index (κ3) is 4.41. The molecule has 0 aliphatic carbocycles. The molecule has 35 heavy (non-hydrogen) atoms. The van der Waals surface area contributed by atoms with Crippen molar-refractivity contribution in [2.45, 2.75) is 18.3 Å². The molecule has 0 saturated carbocycles. The summed E-state index contributed by atoms with van der Waals surface area (Å²) >= 11 is 12.4. The topological polar surface area (TPSA) is 87.5 Å². The van der Waals surface area contributed by atoms with Crippen LogP contribution < -0.4 is 5.32 Å². The zero-order valence-corrected chi connectivity index (χ0v) is 19.2. The summed E-state index contributed by atoms with van der Waals surface area (Å²) in [7, 11) is 0. The Bertz CT molecular complexity index is 1370. The van der Waals surface area contributed by atoms with Gasteiger partial charge in [0.15, 0.2) is 5.69 Å². The third-order valence-electron chi connectivity index (χ3n) is 5.61. The molecule has 1 amide bonds. The van der Waals surface area contributed by atoms with Gasteiger partial charge in [-0.05, 0) is 36.4 Å². The summed E-state index contributed by atoms with van der Waals surface area (Å²) in [5.74, 6) is -2.59. The molecule has 2 aromatic carbocycles. The van der Waals surface area contributed by atoms with E-state index in [1.807, 2.05) is 0 Å². The first-order valence-electron chi connectivity index (χ1n) is 9.99.